The number of nitrogens with zero attached hydrogens (tertiary/aromatic N) is 1. The van der Waals surface area contributed by atoms with E-state index in [0.717, 1.165) is 30.5 Å². The Balaban J connectivity index is 1.98. The Hall–Kier alpha value is -1.26. The molecule has 2 atom stereocenters. The lowest BCUT2D eigenvalue weighted by molar-refractivity contribution is 0.231. The van der Waals surface area contributed by atoms with Crippen LogP contribution in [0.2, 0.25) is 0 Å². The minimum Gasteiger partial charge on any atom is -0.497 e. The molecule has 1 saturated carbocycles. The highest BCUT2D eigenvalue weighted by molar-refractivity contribution is 5.43. The molecule has 2 N–H and O–H groups in total. The minimum atomic E-state index is 0.182. The highest BCUT2D eigenvalue weighted by atomic mass is 16.5. The largest absolute Gasteiger partial charge is 0.497 e. The van der Waals surface area contributed by atoms with Gasteiger partial charge in [-0.25, -0.2) is 0 Å². The third kappa shape index (κ3) is 2.30. The fourth-order valence-corrected chi connectivity index (χ4v) is 3.14. The summed E-state index contributed by atoms with van der Waals surface area (Å²) in [6.45, 7) is 1.09. The number of hydrogen-bond donors (Lipinski definition) is 1. The number of hydrogen-bond acceptors (Lipinski definition) is 4. The lowest BCUT2D eigenvalue weighted by Gasteiger charge is -2.28. The van der Waals surface area contributed by atoms with Gasteiger partial charge in [0.25, 0.3) is 0 Å². The molecule has 1 aromatic rings. The van der Waals surface area contributed by atoms with Gasteiger partial charge in [-0.1, -0.05) is 0 Å². The van der Waals surface area contributed by atoms with Gasteiger partial charge in [-0.15, -0.1) is 0 Å². The fourth-order valence-electron chi connectivity index (χ4n) is 3.14. The van der Waals surface area contributed by atoms with Gasteiger partial charge in [0, 0.05) is 24.2 Å². The molecule has 4 heteroatoms. The molecule has 0 bridgehead atoms. The third-order valence-electron chi connectivity index (χ3n) is 4.25. The van der Waals surface area contributed by atoms with Crippen LogP contribution in [0.5, 0.6) is 11.5 Å². The maximum Gasteiger partial charge on any atom is 0.123 e. The highest BCUT2D eigenvalue weighted by Gasteiger charge is 2.42. The van der Waals surface area contributed by atoms with Crippen LogP contribution >= 0.6 is 0 Å². The van der Waals surface area contributed by atoms with Crippen molar-refractivity contribution >= 4 is 0 Å². The molecular formula is C15H22N2O2. The zero-order valence-electron chi connectivity index (χ0n) is 11.6. The van der Waals surface area contributed by atoms with E-state index in [1.165, 1.54) is 18.4 Å². The Labute approximate surface area is 114 Å². The van der Waals surface area contributed by atoms with Crippen LogP contribution in [0.3, 0.4) is 0 Å². The Morgan fingerprint density at radius 3 is 2.58 bits per heavy atom. The molecule has 0 spiro atoms. The SMILES string of the molecule is COc1ccc(OC)c(C2C(N)CCN2C2CC2)c1. The molecule has 2 aliphatic rings. The van der Waals surface area contributed by atoms with Gasteiger partial charge in [0.1, 0.15) is 11.5 Å². The first-order valence-corrected chi connectivity index (χ1v) is 6.98. The van der Waals surface area contributed by atoms with Crippen molar-refractivity contribution in [2.45, 2.75) is 37.4 Å². The van der Waals surface area contributed by atoms with Crippen LogP contribution < -0.4 is 15.2 Å². The average Bonchev–Trinajstić information content (AvgIpc) is 3.21. The molecular weight excluding hydrogens is 240 g/mol. The molecule has 1 aromatic carbocycles. The van der Waals surface area contributed by atoms with Crippen LogP contribution in [0.25, 0.3) is 0 Å². The Kier molecular flexibility index (Phi) is 3.37. The van der Waals surface area contributed by atoms with Crippen LogP contribution in [0.1, 0.15) is 30.9 Å². The highest BCUT2D eigenvalue weighted by Crippen LogP contribution is 2.43. The predicted octanol–water partition coefficient (Wildman–Crippen LogP) is 1.94. The molecule has 1 saturated heterocycles. The zero-order valence-corrected chi connectivity index (χ0v) is 11.6. The number of benzene rings is 1. The first kappa shape index (κ1) is 12.8. The van der Waals surface area contributed by atoms with E-state index < -0.39 is 0 Å². The van der Waals surface area contributed by atoms with Crippen LogP contribution in [0.15, 0.2) is 18.2 Å². The van der Waals surface area contributed by atoms with Crippen LogP contribution in [-0.2, 0) is 0 Å². The van der Waals surface area contributed by atoms with Crippen LogP contribution in [-0.4, -0.2) is 37.7 Å². The van der Waals surface area contributed by atoms with E-state index in [9.17, 15) is 0 Å². The van der Waals surface area contributed by atoms with E-state index in [2.05, 4.69) is 11.0 Å². The lowest BCUT2D eigenvalue weighted by Crippen LogP contribution is -2.33. The molecule has 19 heavy (non-hydrogen) atoms. The molecule has 2 unspecified atom stereocenters. The molecule has 3 rings (SSSR count). The van der Waals surface area contributed by atoms with Crippen molar-refractivity contribution in [3.63, 3.8) is 0 Å². The molecule has 104 valence electrons. The maximum absolute atomic E-state index is 6.34. The standard InChI is InChI=1S/C15H22N2O2/c1-18-11-5-6-14(19-2)12(9-11)15-13(16)7-8-17(15)10-3-4-10/h5-6,9-10,13,15H,3-4,7-8,16H2,1-2H3. The molecule has 1 heterocycles. The topological polar surface area (TPSA) is 47.7 Å². The van der Waals surface area contributed by atoms with Crippen molar-refractivity contribution in [1.29, 1.82) is 0 Å². The normalized spacial score (nSPS) is 27.5. The van der Waals surface area contributed by atoms with Gasteiger partial charge in [-0.3, -0.25) is 4.90 Å². The quantitative estimate of drug-likeness (QED) is 0.901. The summed E-state index contributed by atoms with van der Waals surface area (Å²) < 4.78 is 10.9. The molecule has 2 fully saturated rings. The van der Waals surface area contributed by atoms with Gasteiger partial charge in [-0.05, 0) is 37.5 Å². The first-order valence-electron chi connectivity index (χ1n) is 6.98. The Bertz CT molecular complexity index is 459. The van der Waals surface area contributed by atoms with Gasteiger partial charge < -0.3 is 15.2 Å². The third-order valence-corrected chi connectivity index (χ3v) is 4.25. The van der Waals surface area contributed by atoms with Gasteiger partial charge in [-0.2, -0.15) is 0 Å². The van der Waals surface area contributed by atoms with Crippen LogP contribution in [0, 0.1) is 0 Å². The van der Waals surface area contributed by atoms with E-state index in [0.29, 0.717) is 0 Å². The number of nitrogens with two attached hydrogens (primary N) is 1. The summed E-state index contributed by atoms with van der Waals surface area (Å²) in [5, 5.41) is 0. The van der Waals surface area contributed by atoms with Gasteiger partial charge >= 0.3 is 0 Å². The van der Waals surface area contributed by atoms with E-state index in [4.69, 9.17) is 15.2 Å². The van der Waals surface area contributed by atoms with E-state index in [1.54, 1.807) is 14.2 Å². The van der Waals surface area contributed by atoms with Crippen molar-refractivity contribution in [3.05, 3.63) is 23.8 Å². The lowest BCUT2D eigenvalue weighted by atomic mass is 9.99. The smallest absolute Gasteiger partial charge is 0.123 e. The van der Waals surface area contributed by atoms with Crippen molar-refractivity contribution in [3.8, 4) is 11.5 Å². The molecule has 0 radical (unpaired) electrons. The summed E-state index contributed by atoms with van der Waals surface area (Å²) in [6, 6.07) is 7.15. The summed E-state index contributed by atoms with van der Waals surface area (Å²) in [5.41, 5.74) is 7.51. The second kappa shape index (κ2) is 5.02. The van der Waals surface area contributed by atoms with Crippen LogP contribution in [0.4, 0.5) is 0 Å². The summed E-state index contributed by atoms with van der Waals surface area (Å²) in [6.07, 6.45) is 3.66. The zero-order chi connectivity index (χ0) is 13.4. The summed E-state index contributed by atoms with van der Waals surface area (Å²) in [5.74, 6) is 1.78. The van der Waals surface area contributed by atoms with Gasteiger partial charge in [0.15, 0.2) is 0 Å². The van der Waals surface area contributed by atoms with Crippen molar-refractivity contribution < 1.29 is 9.47 Å². The number of ether oxygens (including phenoxy) is 2. The predicted molar refractivity (Wildman–Crippen MR) is 74.6 cm³/mol. The van der Waals surface area contributed by atoms with Crippen molar-refractivity contribution in [2.75, 3.05) is 20.8 Å². The molecule has 4 nitrogen and oxygen atoms in total. The van der Waals surface area contributed by atoms with Crippen molar-refractivity contribution in [2.24, 2.45) is 5.73 Å². The monoisotopic (exact) mass is 262 g/mol. The Morgan fingerprint density at radius 2 is 1.95 bits per heavy atom. The molecule has 0 aromatic heterocycles. The van der Waals surface area contributed by atoms with Gasteiger partial charge in [0.2, 0.25) is 0 Å². The van der Waals surface area contributed by atoms with E-state index >= 15 is 0 Å². The Morgan fingerprint density at radius 1 is 1.16 bits per heavy atom. The second-order valence-electron chi connectivity index (χ2n) is 5.47. The second-order valence-corrected chi connectivity index (χ2v) is 5.47. The number of likely N-dealkylation sites (tertiary alicyclic amines) is 1. The molecule has 0 amide bonds. The number of methoxy groups -OCH3 is 2. The van der Waals surface area contributed by atoms with E-state index in [-0.39, 0.29) is 12.1 Å². The number of rotatable bonds is 4. The van der Waals surface area contributed by atoms with E-state index in [1.807, 2.05) is 12.1 Å². The average molecular weight is 262 g/mol. The van der Waals surface area contributed by atoms with Crippen molar-refractivity contribution in [1.82, 2.24) is 4.90 Å². The maximum atomic E-state index is 6.34. The minimum absolute atomic E-state index is 0.182. The fraction of sp³-hybridized carbons (Fsp3) is 0.600. The first-order chi connectivity index (χ1) is 9.24. The summed E-state index contributed by atoms with van der Waals surface area (Å²) >= 11 is 0. The molecule has 1 aliphatic carbocycles. The molecule has 1 aliphatic heterocycles. The van der Waals surface area contributed by atoms with Gasteiger partial charge in [0.05, 0.1) is 20.3 Å². The summed E-state index contributed by atoms with van der Waals surface area (Å²) in [4.78, 5) is 2.54. The summed E-state index contributed by atoms with van der Waals surface area (Å²) in [7, 11) is 3.41.